The van der Waals surface area contributed by atoms with E-state index in [0.29, 0.717) is 25.1 Å². The molecule has 1 aromatic heterocycles. The summed E-state index contributed by atoms with van der Waals surface area (Å²) in [5, 5.41) is 6.73. The number of sulfonamides is 1. The van der Waals surface area contributed by atoms with Gasteiger partial charge in [0.1, 0.15) is 23.7 Å². The number of rotatable bonds is 7. The summed E-state index contributed by atoms with van der Waals surface area (Å²) in [7, 11) is -3.88. The number of fused-ring (bicyclic) bond motifs is 3. The monoisotopic (exact) mass is 733 g/mol. The van der Waals surface area contributed by atoms with Crippen LogP contribution in [-0.2, 0) is 29.1 Å². The van der Waals surface area contributed by atoms with Crippen LogP contribution in [0.4, 0.5) is 4.79 Å². The molecule has 0 radical (unpaired) electrons. The third-order valence-corrected chi connectivity index (χ3v) is 12.9. The second kappa shape index (κ2) is 13.8. The first-order valence-electron chi connectivity index (χ1n) is 18.2. The average molecular weight is 734 g/mol. The molecule has 0 unspecified atom stereocenters. The number of allylic oxidation sites excluding steroid dienone is 1. The summed E-state index contributed by atoms with van der Waals surface area (Å²) in [6, 6.07) is 5.79. The van der Waals surface area contributed by atoms with Gasteiger partial charge in [-0.3, -0.25) is 19.1 Å². The molecule has 7 rings (SSSR count). The van der Waals surface area contributed by atoms with Crippen molar-refractivity contribution in [3.8, 4) is 5.88 Å². The Hall–Kier alpha value is -4.46. The van der Waals surface area contributed by atoms with Gasteiger partial charge >= 0.3 is 6.09 Å². The Bertz CT molecular complexity index is 1920. The Morgan fingerprint density at radius 2 is 1.88 bits per heavy atom. The van der Waals surface area contributed by atoms with Crippen LogP contribution in [0.25, 0.3) is 16.8 Å². The van der Waals surface area contributed by atoms with Crippen molar-refractivity contribution in [3.63, 3.8) is 0 Å². The van der Waals surface area contributed by atoms with E-state index < -0.39 is 74.1 Å². The number of hydrogen-bond donors (Lipinski definition) is 3. The topological polar surface area (TPSA) is 173 Å². The van der Waals surface area contributed by atoms with E-state index in [1.807, 2.05) is 50.3 Å². The third-order valence-electron chi connectivity index (χ3n) is 11.1. The molecule has 5 aliphatic rings. The van der Waals surface area contributed by atoms with Crippen molar-refractivity contribution < 1.29 is 37.1 Å². The molecule has 0 spiro atoms. The lowest BCUT2D eigenvalue weighted by molar-refractivity contribution is -0.142. The van der Waals surface area contributed by atoms with E-state index in [1.54, 1.807) is 6.20 Å². The van der Waals surface area contributed by atoms with Crippen molar-refractivity contribution in [1.82, 2.24) is 25.2 Å². The predicted molar refractivity (Wildman–Crippen MR) is 193 cm³/mol. The number of nitrogens with one attached hydrogen (secondary N) is 3. The lowest BCUT2D eigenvalue weighted by Crippen LogP contribution is -2.59. The number of aromatic nitrogens is 1. The highest BCUT2D eigenvalue weighted by atomic mass is 32.2. The Morgan fingerprint density at radius 3 is 2.60 bits per heavy atom. The van der Waals surface area contributed by atoms with E-state index in [-0.39, 0.29) is 31.9 Å². The van der Waals surface area contributed by atoms with Crippen molar-refractivity contribution >= 4 is 50.7 Å². The molecule has 13 nitrogen and oxygen atoms in total. The van der Waals surface area contributed by atoms with E-state index in [2.05, 4.69) is 26.9 Å². The summed E-state index contributed by atoms with van der Waals surface area (Å²) in [6.45, 7) is 7.92. The molecule has 3 heterocycles. The minimum atomic E-state index is -3.88. The van der Waals surface area contributed by atoms with Crippen LogP contribution in [0.15, 0.2) is 49.2 Å². The number of nitrogens with zero attached hydrogens (tertiary/aromatic N) is 2. The zero-order valence-corrected chi connectivity index (χ0v) is 30.5. The minimum Gasteiger partial charge on any atom is -0.472 e. The molecule has 3 N–H and O–H groups in total. The first-order chi connectivity index (χ1) is 24.8. The summed E-state index contributed by atoms with van der Waals surface area (Å²) in [4.78, 5) is 61.7. The molecular formula is C38H47N5O8S. The van der Waals surface area contributed by atoms with Gasteiger partial charge in [-0.1, -0.05) is 57.0 Å². The summed E-state index contributed by atoms with van der Waals surface area (Å²) < 4.78 is 39.8. The van der Waals surface area contributed by atoms with Gasteiger partial charge < -0.3 is 25.0 Å². The summed E-state index contributed by atoms with van der Waals surface area (Å²) in [6.07, 6.45) is 10.9. The zero-order valence-electron chi connectivity index (χ0n) is 29.6. The molecule has 3 saturated carbocycles. The van der Waals surface area contributed by atoms with Crippen LogP contribution in [0.1, 0.15) is 77.2 Å². The van der Waals surface area contributed by atoms with Crippen molar-refractivity contribution in [2.75, 3.05) is 13.2 Å². The van der Waals surface area contributed by atoms with Gasteiger partial charge in [0.15, 0.2) is 0 Å². The van der Waals surface area contributed by atoms with Gasteiger partial charge in [0.05, 0.1) is 18.4 Å². The van der Waals surface area contributed by atoms with Gasteiger partial charge in [0.25, 0.3) is 5.91 Å². The van der Waals surface area contributed by atoms with Crippen LogP contribution < -0.4 is 20.1 Å². The molecule has 1 saturated heterocycles. The predicted octanol–water partition coefficient (Wildman–Crippen LogP) is 3.98. The number of carbonyl (C=O) groups excluding carboxylic acids is 4. The molecule has 4 bridgehead atoms. The molecule has 14 heteroatoms. The molecule has 4 amide bonds. The number of benzene rings is 1. The first-order valence-corrected chi connectivity index (χ1v) is 19.8. The summed E-state index contributed by atoms with van der Waals surface area (Å²) in [5.41, 5.74) is -0.993. The van der Waals surface area contributed by atoms with E-state index in [0.717, 1.165) is 42.0 Å². The fourth-order valence-electron chi connectivity index (χ4n) is 7.76. The van der Waals surface area contributed by atoms with Gasteiger partial charge in [-0.05, 0) is 67.5 Å². The molecule has 3 aliphatic carbocycles. The Labute approximate surface area is 304 Å². The van der Waals surface area contributed by atoms with Crippen LogP contribution >= 0.6 is 0 Å². The van der Waals surface area contributed by atoms with Crippen LogP contribution in [0, 0.1) is 17.3 Å². The SMILES string of the molecule is C=C[C@@H]1C[C@]1(NC(=O)[C@@H]1C[C@H]2CN1C(=O)[C@H](C1CCCC1)NC(=O)OCC(C)(C)CC=Cc1ccc3ccnc(c3c1)O2)C(=O)NS(=O)(=O)C1CC1. The average Bonchev–Trinajstić information content (AvgIpc) is 3.98. The summed E-state index contributed by atoms with van der Waals surface area (Å²) in [5.74, 6) is -2.20. The number of pyridine rings is 1. The second-order valence-corrected chi connectivity index (χ2v) is 17.7. The highest BCUT2D eigenvalue weighted by Gasteiger charge is 2.62. The third kappa shape index (κ3) is 7.39. The number of carbonyl (C=O) groups is 4. The molecule has 52 heavy (non-hydrogen) atoms. The van der Waals surface area contributed by atoms with Crippen molar-refractivity contribution in [2.24, 2.45) is 17.3 Å². The molecule has 2 aliphatic heterocycles. The van der Waals surface area contributed by atoms with E-state index >= 15 is 0 Å². The fourth-order valence-corrected chi connectivity index (χ4v) is 9.13. The maximum absolute atomic E-state index is 14.6. The first kappa shape index (κ1) is 35.9. The molecule has 278 valence electrons. The zero-order chi connectivity index (χ0) is 36.8. The number of amides is 4. The maximum atomic E-state index is 14.6. The smallest absolute Gasteiger partial charge is 0.407 e. The lowest BCUT2D eigenvalue weighted by Gasteiger charge is -2.32. The molecule has 4 fully saturated rings. The molecular weight excluding hydrogens is 687 g/mol. The highest BCUT2D eigenvalue weighted by molar-refractivity contribution is 7.91. The van der Waals surface area contributed by atoms with E-state index in [9.17, 15) is 27.6 Å². The summed E-state index contributed by atoms with van der Waals surface area (Å²) >= 11 is 0. The normalized spacial score (nSPS) is 29.4. The van der Waals surface area contributed by atoms with Crippen LogP contribution in [-0.4, -0.2) is 84.2 Å². The largest absolute Gasteiger partial charge is 0.472 e. The van der Waals surface area contributed by atoms with Gasteiger partial charge in [0, 0.05) is 29.3 Å². The van der Waals surface area contributed by atoms with Crippen LogP contribution in [0.3, 0.4) is 0 Å². The van der Waals surface area contributed by atoms with E-state index in [4.69, 9.17) is 9.47 Å². The Morgan fingerprint density at radius 1 is 1.12 bits per heavy atom. The van der Waals surface area contributed by atoms with Crippen LogP contribution in [0.5, 0.6) is 5.88 Å². The number of hydrogen-bond acceptors (Lipinski definition) is 9. The molecule has 5 atom stereocenters. The quantitative estimate of drug-likeness (QED) is 0.356. The van der Waals surface area contributed by atoms with Crippen molar-refractivity contribution in [2.45, 2.75) is 101 Å². The minimum absolute atomic E-state index is 0.0156. The maximum Gasteiger partial charge on any atom is 0.407 e. The molecule has 2 aromatic rings. The number of alkyl carbamates (subject to hydrolysis) is 1. The van der Waals surface area contributed by atoms with E-state index in [1.165, 1.54) is 11.0 Å². The van der Waals surface area contributed by atoms with Crippen LogP contribution in [0.2, 0.25) is 0 Å². The van der Waals surface area contributed by atoms with Gasteiger partial charge in [0.2, 0.25) is 27.7 Å². The molecule has 1 aromatic carbocycles. The van der Waals surface area contributed by atoms with Crippen molar-refractivity contribution in [1.29, 1.82) is 0 Å². The highest BCUT2D eigenvalue weighted by Crippen LogP contribution is 2.45. The van der Waals surface area contributed by atoms with Crippen molar-refractivity contribution in [3.05, 3.63) is 54.8 Å². The van der Waals surface area contributed by atoms with Gasteiger partial charge in [-0.2, -0.15) is 0 Å². The Balaban J connectivity index is 1.22. The lowest BCUT2D eigenvalue weighted by atomic mass is 9.90. The number of ether oxygens (including phenoxy) is 2. The Kier molecular flexibility index (Phi) is 9.55. The standard InChI is InChI=1S/C38H47N5O8S/c1-4-26-20-38(26,35(46)42-52(48,49)28-13-14-28)41-32(44)30-19-27-21-43(30)34(45)31(25-9-5-6-10-25)40-36(47)50-22-37(2,3)16-7-8-23-11-12-24-15-17-39-33(51-27)29(24)18-23/h4,7-8,11-12,15,17-18,25-28,30-31H,1,5-6,9-10,13-14,16,19-22H2,2-3H3,(H,40,47)(H,41,44)(H,42,46)/t26-,27+,30+,31+,38-/m1/s1. The van der Waals surface area contributed by atoms with Gasteiger partial charge in [-0.15, -0.1) is 6.58 Å². The fraction of sp³-hybridized carbons (Fsp3) is 0.553. The van der Waals surface area contributed by atoms with Gasteiger partial charge in [-0.25, -0.2) is 18.2 Å². The number of cyclic esters (lactones) is 1. The second-order valence-electron chi connectivity index (χ2n) is 15.8.